The summed E-state index contributed by atoms with van der Waals surface area (Å²) in [5.74, 6) is 0.415. The number of nitrogens with zero attached hydrogens (tertiary/aromatic N) is 1. The summed E-state index contributed by atoms with van der Waals surface area (Å²) >= 11 is 0. The molecule has 0 spiro atoms. The van der Waals surface area contributed by atoms with Crippen LogP contribution in [0.1, 0.15) is 46.1 Å². The number of hydrogen-bond acceptors (Lipinski definition) is 2. The van der Waals surface area contributed by atoms with Gasteiger partial charge in [0, 0.05) is 38.0 Å². The van der Waals surface area contributed by atoms with Crippen LogP contribution in [0, 0.1) is 5.82 Å². The van der Waals surface area contributed by atoms with Crippen LogP contribution < -0.4 is 16.0 Å². The number of benzene rings is 1. The molecule has 1 unspecified atom stereocenters. The maximum atomic E-state index is 13.4. The Hall–Kier alpha value is -1.38. The highest BCUT2D eigenvalue weighted by atomic mass is 127. The number of carbonyl (C=O) groups excluding carboxylic acids is 1. The van der Waals surface area contributed by atoms with Gasteiger partial charge in [0.25, 0.3) is 0 Å². The monoisotopic (exact) mass is 478 g/mol. The third-order valence-electron chi connectivity index (χ3n) is 4.19. The molecule has 0 fully saturated rings. The Morgan fingerprint density at radius 2 is 2.00 bits per heavy atom. The van der Waals surface area contributed by atoms with Gasteiger partial charge in [-0.3, -0.25) is 9.79 Å². The second kappa shape index (κ2) is 12.1. The molecule has 0 saturated carbocycles. The van der Waals surface area contributed by atoms with Crippen molar-refractivity contribution >= 4 is 35.8 Å². The molecule has 26 heavy (non-hydrogen) atoms. The summed E-state index contributed by atoms with van der Waals surface area (Å²) in [6, 6.07) is 6.82. The lowest BCUT2D eigenvalue weighted by Crippen LogP contribution is -2.44. The van der Waals surface area contributed by atoms with E-state index >= 15 is 0 Å². The summed E-state index contributed by atoms with van der Waals surface area (Å²) in [5.41, 5.74) is 0.664. The largest absolute Gasteiger partial charge is 0.356 e. The average molecular weight is 478 g/mol. The van der Waals surface area contributed by atoms with Gasteiger partial charge in [0.1, 0.15) is 5.82 Å². The maximum Gasteiger partial charge on any atom is 0.221 e. The predicted octanol–water partition coefficient (Wildman–Crippen LogP) is 3.19. The third kappa shape index (κ3) is 8.82. The van der Waals surface area contributed by atoms with Crippen LogP contribution in [0.15, 0.2) is 29.3 Å². The lowest BCUT2D eigenvalue weighted by atomic mass is 9.84. The van der Waals surface area contributed by atoms with Crippen LogP contribution >= 0.6 is 24.0 Å². The van der Waals surface area contributed by atoms with Crippen molar-refractivity contribution in [3.05, 3.63) is 35.6 Å². The quantitative estimate of drug-likeness (QED) is 0.306. The van der Waals surface area contributed by atoms with Crippen LogP contribution in [0.5, 0.6) is 0 Å². The highest BCUT2D eigenvalue weighted by molar-refractivity contribution is 14.0. The zero-order valence-electron chi connectivity index (χ0n) is 16.4. The van der Waals surface area contributed by atoms with Crippen molar-refractivity contribution in [1.82, 2.24) is 16.0 Å². The van der Waals surface area contributed by atoms with Crippen molar-refractivity contribution in [2.24, 2.45) is 4.99 Å². The van der Waals surface area contributed by atoms with Crippen molar-refractivity contribution in [2.45, 2.75) is 52.0 Å². The van der Waals surface area contributed by atoms with Crippen LogP contribution in [0.4, 0.5) is 4.39 Å². The molecule has 0 aromatic heterocycles. The smallest absolute Gasteiger partial charge is 0.221 e. The summed E-state index contributed by atoms with van der Waals surface area (Å²) in [7, 11) is 1.68. The molecule has 5 nitrogen and oxygen atoms in total. The van der Waals surface area contributed by atoms with Gasteiger partial charge in [-0.25, -0.2) is 4.39 Å². The van der Waals surface area contributed by atoms with Crippen LogP contribution in [0.3, 0.4) is 0 Å². The van der Waals surface area contributed by atoms with Crippen molar-refractivity contribution in [2.75, 3.05) is 20.1 Å². The molecular weight excluding hydrogens is 446 g/mol. The number of carbonyl (C=O) groups is 1. The van der Waals surface area contributed by atoms with Crippen molar-refractivity contribution in [1.29, 1.82) is 0 Å². The van der Waals surface area contributed by atoms with Crippen LogP contribution in [-0.4, -0.2) is 38.0 Å². The minimum Gasteiger partial charge on any atom is -0.356 e. The summed E-state index contributed by atoms with van der Waals surface area (Å²) in [5, 5.41) is 9.30. The van der Waals surface area contributed by atoms with E-state index in [9.17, 15) is 9.18 Å². The van der Waals surface area contributed by atoms with Crippen LogP contribution in [0.2, 0.25) is 0 Å². The number of halogens is 2. The fraction of sp³-hybridized carbons (Fsp3) is 0.579. The van der Waals surface area contributed by atoms with E-state index in [1.807, 2.05) is 33.8 Å². The summed E-state index contributed by atoms with van der Waals surface area (Å²) in [6.07, 6.45) is 1.30. The van der Waals surface area contributed by atoms with Gasteiger partial charge in [0.05, 0.1) is 0 Å². The van der Waals surface area contributed by atoms with Crippen molar-refractivity contribution in [3.8, 4) is 0 Å². The second-order valence-corrected chi connectivity index (χ2v) is 6.87. The zero-order valence-corrected chi connectivity index (χ0v) is 18.7. The minimum atomic E-state index is -0.256. The van der Waals surface area contributed by atoms with E-state index < -0.39 is 0 Å². The van der Waals surface area contributed by atoms with E-state index in [2.05, 4.69) is 20.9 Å². The first kappa shape index (κ1) is 24.6. The molecule has 0 bridgehead atoms. The van der Waals surface area contributed by atoms with Gasteiger partial charge in [-0.2, -0.15) is 0 Å². The maximum absolute atomic E-state index is 13.4. The number of aliphatic imine (C=N–C) groups is 1. The Bertz CT molecular complexity index is 593. The first-order chi connectivity index (χ1) is 11.8. The van der Waals surface area contributed by atoms with E-state index in [1.165, 1.54) is 6.07 Å². The van der Waals surface area contributed by atoms with E-state index in [0.717, 1.165) is 12.0 Å². The van der Waals surface area contributed by atoms with Gasteiger partial charge >= 0.3 is 0 Å². The Kier molecular flexibility index (Phi) is 11.4. The van der Waals surface area contributed by atoms with Gasteiger partial charge in [0.15, 0.2) is 5.96 Å². The van der Waals surface area contributed by atoms with Gasteiger partial charge in [-0.1, -0.05) is 32.9 Å². The van der Waals surface area contributed by atoms with Crippen LogP contribution in [-0.2, 0) is 10.2 Å². The molecule has 1 aromatic rings. The molecule has 0 aliphatic carbocycles. The Balaban J connectivity index is 0.00000625. The minimum absolute atomic E-state index is 0. The number of guanidine groups is 1. The van der Waals surface area contributed by atoms with E-state index in [1.54, 1.807) is 19.2 Å². The van der Waals surface area contributed by atoms with Gasteiger partial charge < -0.3 is 16.0 Å². The van der Waals surface area contributed by atoms with Crippen molar-refractivity contribution < 1.29 is 9.18 Å². The zero-order chi connectivity index (χ0) is 18.9. The molecule has 0 saturated heterocycles. The van der Waals surface area contributed by atoms with Crippen LogP contribution in [0.25, 0.3) is 0 Å². The molecule has 0 radical (unpaired) electrons. The van der Waals surface area contributed by atoms with Gasteiger partial charge in [-0.05, 0) is 31.0 Å². The number of hydrogen-bond donors (Lipinski definition) is 3. The predicted molar refractivity (Wildman–Crippen MR) is 117 cm³/mol. The standard InChI is InChI=1S/C19H31FN4O.HI/c1-6-14(2)24-17(25)10-11-22-18(21-5)23-13-19(3,4)15-8-7-9-16(20)12-15;/h7-9,12,14H,6,10-11,13H2,1-5H3,(H,24,25)(H2,21,22,23);1H. The fourth-order valence-electron chi connectivity index (χ4n) is 2.28. The first-order valence-electron chi connectivity index (χ1n) is 8.78. The molecule has 0 heterocycles. The molecule has 148 valence electrons. The Morgan fingerprint density at radius 3 is 2.58 bits per heavy atom. The SMILES string of the molecule is CCC(C)NC(=O)CCNC(=NC)NCC(C)(C)c1cccc(F)c1.I. The first-order valence-corrected chi connectivity index (χ1v) is 8.78. The Morgan fingerprint density at radius 1 is 1.31 bits per heavy atom. The molecule has 7 heteroatoms. The molecule has 0 aliphatic heterocycles. The van der Waals surface area contributed by atoms with Gasteiger partial charge in [0.2, 0.25) is 5.91 Å². The number of amides is 1. The van der Waals surface area contributed by atoms with E-state index in [4.69, 9.17) is 0 Å². The highest BCUT2D eigenvalue weighted by Crippen LogP contribution is 2.22. The molecule has 1 rings (SSSR count). The average Bonchev–Trinajstić information content (AvgIpc) is 2.57. The normalized spacial score (nSPS) is 12.8. The van der Waals surface area contributed by atoms with E-state index in [-0.39, 0.29) is 47.2 Å². The summed E-state index contributed by atoms with van der Waals surface area (Å²) in [6.45, 7) is 9.20. The Labute approximate surface area is 173 Å². The second-order valence-electron chi connectivity index (χ2n) is 6.87. The topological polar surface area (TPSA) is 65.5 Å². The molecule has 0 aliphatic rings. The van der Waals surface area contributed by atoms with E-state index in [0.29, 0.717) is 25.5 Å². The number of nitrogens with one attached hydrogen (secondary N) is 3. The highest BCUT2D eigenvalue weighted by Gasteiger charge is 2.21. The molecule has 1 atom stereocenters. The molecule has 1 aromatic carbocycles. The fourth-order valence-corrected chi connectivity index (χ4v) is 2.28. The van der Waals surface area contributed by atoms with Gasteiger partial charge in [-0.15, -0.1) is 24.0 Å². The molecule has 3 N–H and O–H groups in total. The van der Waals surface area contributed by atoms with Crippen molar-refractivity contribution in [3.63, 3.8) is 0 Å². The lowest BCUT2D eigenvalue weighted by molar-refractivity contribution is -0.121. The number of rotatable bonds is 8. The third-order valence-corrected chi connectivity index (χ3v) is 4.19. The molecular formula is C19H32FIN4O. The lowest BCUT2D eigenvalue weighted by Gasteiger charge is -2.27. The molecule has 1 amide bonds. The summed E-state index contributed by atoms with van der Waals surface area (Å²) < 4.78 is 13.4. The summed E-state index contributed by atoms with van der Waals surface area (Å²) in [4.78, 5) is 15.9.